The van der Waals surface area contributed by atoms with E-state index in [4.69, 9.17) is 9.47 Å². The number of hydrogen-bond acceptors (Lipinski definition) is 3. The molecule has 1 aliphatic rings. The molecule has 25 heavy (non-hydrogen) atoms. The van der Waals surface area contributed by atoms with E-state index in [1.54, 1.807) is 0 Å². The molecule has 0 aliphatic carbocycles. The molecule has 1 heterocycles. The van der Waals surface area contributed by atoms with E-state index in [1.165, 1.54) is 6.08 Å². The second kappa shape index (κ2) is 8.24. The molecule has 0 aromatic heterocycles. The van der Waals surface area contributed by atoms with Gasteiger partial charge >= 0.3 is 0 Å². The molecule has 0 saturated carbocycles. The standard InChI is InChI=1S/C22H24O3/c1-3-5-16-14-24-22(25-15-16)20-12-8-18(9-13-20)17-6-10-19(11-7-17)21(23)4-2/h4,6-13,16,22H,2-3,5,14-15H2,1H3. The Labute approximate surface area is 149 Å². The van der Waals surface area contributed by atoms with Crippen molar-refractivity contribution in [1.29, 1.82) is 0 Å². The first kappa shape index (κ1) is 17.6. The van der Waals surface area contributed by atoms with Gasteiger partial charge in [0.2, 0.25) is 0 Å². The van der Waals surface area contributed by atoms with Crippen molar-refractivity contribution in [3.63, 3.8) is 0 Å². The summed E-state index contributed by atoms with van der Waals surface area (Å²) < 4.78 is 11.7. The molecule has 2 aromatic carbocycles. The fraction of sp³-hybridized carbons (Fsp3) is 0.318. The number of benzene rings is 2. The maximum atomic E-state index is 11.6. The molecule has 0 bridgehead atoms. The van der Waals surface area contributed by atoms with Crippen LogP contribution in [0.1, 0.15) is 42.0 Å². The zero-order valence-electron chi connectivity index (χ0n) is 14.6. The Balaban J connectivity index is 1.66. The first-order valence-corrected chi connectivity index (χ1v) is 8.81. The maximum Gasteiger partial charge on any atom is 0.185 e. The molecule has 0 amide bonds. The summed E-state index contributed by atoms with van der Waals surface area (Å²) in [5.41, 5.74) is 3.86. The van der Waals surface area contributed by atoms with Crippen LogP contribution in [-0.4, -0.2) is 19.0 Å². The molecule has 0 radical (unpaired) electrons. The van der Waals surface area contributed by atoms with Crippen molar-refractivity contribution in [3.8, 4) is 11.1 Å². The van der Waals surface area contributed by atoms with Gasteiger partial charge < -0.3 is 9.47 Å². The van der Waals surface area contributed by atoms with Crippen molar-refractivity contribution in [1.82, 2.24) is 0 Å². The average Bonchev–Trinajstić information content (AvgIpc) is 2.68. The van der Waals surface area contributed by atoms with E-state index < -0.39 is 0 Å². The third kappa shape index (κ3) is 4.25. The number of rotatable bonds is 6. The van der Waals surface area contributed by atoms with Crippen LogP contribution in [0.3, 0.4) is 0 Å². The SMILES string of the molecule is C=CC(=O)c1ccc(-c2ccc(C3OCC(CCC)CO3)cc2)cc1. The predicted molar refractivity (Wildman–Crippen MR) is 99.4 cm³/mol. The number of carbonyl (C=O) groups excluding carboxylic acids is 1. The highest BCUT2D eigenvalue weighted by atomic mass is 16.7. The fourth-order valence-electron chi connectivity index (χ4n) is 3.09. The topological polar surface area (TPSA) is 35.5 Å². The summed E-state index contributed by atoms with van der Waals surface area (Å²) >= 11 is 0. The monoisotopic (exact) mass is 336 g/mol. The average molecular weight is 336 g/mol. The van der Waals surface area contributed by atoms with E-state index in [0.29, 0.717) is 11.5 Å². The van der Waals surface area contributed by atoms with Gasteiger partial charge in [-0.05, 0) is 23.6 Å². The Morgan fingerprint density at radius 1 is 1.04 bits per heavy atom. The lowest BCUT2D eigenvalue weighted by molar-refractivity contribution is -0.206. The first-order chi connectivity index (χ1) is 12.2. The van der Waals surface area contributed by atoms with Crippen LogP contribution >= 0.6 is 0 Å². The molecule has 0 unspecified atom stereocenters. The molecule has 3 rings (SSSR count). The van der Waals surface area contributed by atoms with Gasteiger partial charge in [0.05, 0.1) is 13.2 Å². The number of allylic oxidation sites excluding steroid dienone is 1. The highest BCUT2D eigenvalue weighted by Gasteiger charge is 2.22. The summed E-state index contributed by atoms with van der Waals surface area (Å²) in [5.74, 6) is 0.451. The van der Waals surface area contributed by atoms with E-state index in [-0.39, 0.29) is 12.1 Å². The fourth-order valence-corrected chi connectivity index (χ4v) is 3.09. The molecule has 1 fully saturated rings. The number of hydrogen-bond donors (Lipinski definition) is 0. The summed E-state index contributed by atoms with van der Waals surface area (Å²) in [7, 11) is 0. The van der Waals surface area contributed by atoms with Crippen molar-refractivity contribution in [3.05, 3.63) is 72.3 Å². The lowest BCUT2D eigenvalue weighted by atomic mass is 10.0. The van der Waals surface area contributed by atoms with Crippen LogP contribution < -0.4 is 0 Å². The second-order valence-corrected chi connectivity index (χ2v) is 6.42. The van der Waals surface area contributed by atoms with E-state index in [0.717, 1.165) is 42.7 Å². The molecule has 3 heteroatoms. The van der Waals surface area contributed by atoms with Crippen molar-refractivity contribution in [2.75, 3.05) is 13.2 Å². The number of ketones is 1. The van der Waals surface area contributed by atoms with Crippen molar-refractivity contribution < 1.29 is 14.3 Å². The Morgan fingerprint density at radius 2 is 1.60 bits per heavy atom. The van der Waals surface area contributed by atoms with Crippen LogP contribution in [0, 0.1) is 5.92 Å². The summed E-state index contributed by atoms with van der Waals surface area (Å²) in [6.07, 6.45) is 3.37. The Morgan fingerprint density at radius 3 is 2.12 bits per heavy atom. The molecular weight excluding hydrogens is 312 g/mol. The summed E-state index contributed by atoms with van der Waals surface area (Å²) in [4.78, 5) is 11.6. The van der Waals surface area contributed by atoms with Gasteiger partial charge in [-0.25, -0.2) is 0 Å². The lowest BCUT2D eigenvalue weighted by Crippen LogP contribution is -2.26. The summed E-state index contributed by atoms with van der Waals surface area (Å²) in [6.45, 7) is 7.22. The van der Waals surface area contributed by atoms with E-state index >= 15 is 0 Å². The van der Waals surface area contributed by atoms with E-state index in [2.05, 4.69) is 25.6 Å². The molecule has 3 nitrogen and oxygen atoms in total. The molecule has 0 N–H and O–H groups in total. The number of ether oxygens (including phenoxy) is 2. The van der Waals surface area contributed by atoms with Crippen molar-refractivity contribution in [2.24, 2.45) is 5.92 Å². The molecular formula is C22H24O3. The predicted octanol–water partition coefficient (Wildman–Crippen LogP) is 5.18. The zero-order valence-corrected chi connectivity index (χ0v) is 14.6. The summed E-state index contributed by atoms with van der Waals surface area (Å²) in [5, 5.41) is 0. The smallest absolute Gasteiger partial charge is 0.185 e. The van der Waals surface area contributed by atoms with Crippen LogP contribution in [0.4, 0.5) is 0 Å². The Hall–Kier alpha value is -2.23. The zero-order chi connectivity index (χ0) is 17.6. The van der Waals surface area contributed by atoms with Gasteiger partial charge in [0.25, 0.3) is 0 Å². The van der Waals surface area contributed by atoms with Crippen LogP contribution in [0.5, 0.6) is 0 Å². The normalized spacial score (nSPS) is 20.2. The van der Waals surface area contributed by atoms with E-state index in [9.17, 15) is 4.79 Å². The second-order valence-electron chi connectivity index (χ2n) is 6.42. The third-order valence-corrected chi connectivity index (χ3v) is 4.53. The number of carbonyl (C=O) groups is 1. The van der Waals surface area contributed by atoms with Gasteiger partial charge in [0, 0.05) is 17.0 Å². The molecule has 0 spiro atoms. The van der Waals surface area contributed by atoms with Gasteiger partial charge in [-0.1, -0.05) is 68.5 Å². The van der Waals surface area contributed by atoms with Crippen LogP contribution in [0.2, 0.25) is 0 Å². The van der Waals surface area contributed by atoms with Gasteiger partial charge in [0.1, 0.15) is 0 Å². The molecule has 130 valence electrons. The quantitative estimate of drug-likeness (QED) is 0.538. The molecule has 0 atom stereocenters. The summed E-state index contributed by atoms with van der Waals surface area (Å²) in [6, 6.07) is 15.8. The van der Waals surface area contributed by atoms with Crippen molar-refractivity contribution in [2.45, 2.75) is 26.1 Å². The lowest BCUT2D eigenvalue weighted by Gasteiger charge is -2.29. The van der Waals surface area contributed by atoms with Gasteiger partial charge in [-0.15, -0.1) is 0 Å². The highest BCUT2D eigenvalue weighted by Crippen LogP contribution is 2.29. The van der Waals surface area contributed by atoms with Crippen LogP contribution in [0.25, 0.3) is 11.1 Å². The van der Waals surface area contributed by atoms with Gasteiger partial charge in [-0.2, -0.15) is 0 Å². The minimum Gasteiger partial charge on any atom is -0.348 e. The Bertz CT molecular complexity index is 708. The maximum absolute atomic E-state index is 11.6. The van der Waals surface area contributed by atoms with Gasteiger partial charge in [-0.3, -0.25) is 4.79 Å². The highest BCUT2D eigenvalue weighted by molar-refractivity contribution is 6.04. The Kier molecular flexibility index (Phi) is 5.79. The molecule has 1 aliphatic heterocycles. The van der Waals surface area contributed by atoms with Crippen molar-refractivity contribution >= 4 is 5.78 Å². The minimum absolute atomic E-state index is 0.0603. The minimum atomic E-state index is -0.269. The first-order valence-electron chi connectivity index (χ1n) is 8.81. The molecule has 2 aromatic rings. The van der Waals surface area contributed by atoms with Gasteiger partial charge in [0.15, 0.2) is 12.1 Å². The van der Waals surface area contributed by atoms with Crippen LogP contribution in [0.15, 0.2) is 61.2 Å². The van der Waals surface area contributed by atoms with E-state index in [1.807, 2.05) is 36.4 Å². The molecule has 1 saturated heterocycles. The third-order valence-electron chi connectivity index (χ3n) is 4.53. The van der Waals surface area contributed by atoms with Crippen LogP contribution in [-0.2, 0) is 9.47 Å². The largest absolute Gasteiger partial charge is 0.348 e.